The SMILES string of the molecule is CC(C)c1ccc(OC[C@@H](O)CN2CCN(Cc3ccccc3)CC2)cc1. The van der Waals surface area contributed by atoms with Crippen LogP contribution in [0, 0.1) is 0 Å². The second kappa shape index (κ2) is 9.88. The third-order valence-electron chi connectivity index (χ3n) is 5.17. The van der Waals surface area contributed by atoms with E-state index in [0.29, 0.717) is 19.1 Å². The number of aliphatic hydroxyl groups is 1. The Kier molecular flexibility index (Phi) is 7.27. The predicted molar refractivity (Wildman–Crippen MR) is 110 cm³/mol. The standard InChI is InChI=1S/C23H32N2O2/c1-19(2)21-8-10-23(11-9-21)27-18-22(26)17-25-14-12-24(13-15-25)16-20-6-4-3-5-7-20/h3-11,19,22,26H,12-18H2,1-2H3/t22-/m0/s1. The molecule has 0 amide bonds. The summed E-state index contributed by atoms with van der Waals surface area (Å²) in [5.74, 6) is 1.34. The van der Waals surface area contributed by atoms with Crippen molar-refractivity contribution in [2.75, 3.05) is 39.3 Å². The lowest BCUT2D eigenvalue weighted by Gasteiger charge is -2.35. The highest BCUT2D eigenvalue weighted by atomic mass is 16.5. The molecule has 0 aliphatic carbocycles. The van der Waals surface area contributed by atoms with Crippen molar-refractivity contribution in [3.8, 4) is 5.75 Å². The zero-order valence-corrected chi connectivity index (χ0v) is 16.6. The normalized spacial score (nSPS) is 17.2. The lowest BCUT2D eigenvalue weighted by Crippen LogP contribution is -2.48. The summed E-state index contributed by atoms with van der Waals surface area (Å²) in [6, 6.07) is 18.8. The smallest absolute Gasteiger partial charge is 0.119 e. The number of aliphatic hydroxyl groups excluding tert-OH is 1. The molecule has 0 spiro atoms. The fourth-order valence-corrected chi connectivity index (χ4v) is 3.46. The second-order valence-corrected chi connectivity index (χ2v) is 7.75. The summed E-state index contributed by atoms with van der Waals surface area (Å²) in [4.78, 5) is 4.81. The molecular formula is C23H32N2O2. The number of rotatable bonds is 8. The van der Waals surface area contributed by atoms with Crippen LogP contribution in [0.25, 0.3) is 0 Å². The fourth-order valence-electron chi connectivity index (χ4n) is 3.46. The van der Waals surface area contributed by atoms with Crippen LogP contribution in [0.3, 0.4) is 0 Å². The van der Waals surface area contributed by atoms with Gasteiger partial charge in [-0.2, -0.15) is 0 Å². The largest absolute Gasteiger partial charge is 0.491 e. The van der Waals surface area contributed by atoms with Crippen LogP contribution in [0.4, 0.5) is 0 Å². The van der Waals surface area contributed by atoms with Crippen LogP contribution in [-0.4, -0.2) is 60.3 Å². The summed E-state index contributed by atoms with van der Waals surface area (Å²) in [6.45, 7) is 10.4. The average Bonchev–Trinajstić information content (AvgIpc) is 2.69. The maximum atomic E-state index is 10.3. The Morgan fingerprint density at radius 2 is 1.52 bits per heavy atom. The first-order valence-electron chi connectivity index (χ1n) is 9.99. The molecule has 1 N–H and O–H groups in total. The second-order valence-electron chi connectivity index (χ2n) is 7.75. The summed E-state index contributed by atoms with van der Waals surface area (Å²) in [6.07, 6.45) is -0.463. The minimum absolute atomic E-state index is 0.339. The number of hydrogen-bond acceptors (Lipinski definition) is 4. The quantitative estimate of drug-likeness (QED) is 0.775. The van der Waals surface area contributed by atoms with Crippen molar-refractivity contribution >= 4 is 0 Å². The number of benzene rings is 2. The average molecular weight is 369 g/mol. The Balaban J connectivity index is 1.36. The van der Waals surface area contributed by atoms with Gasteiger partial charge in [0, 0.05) is 39.3 Å². The molecule has 1 aliphatic rings. The lowest BCUT2D eigenvalue weighted by molar-refractivity contribution is 0.0446. The molecule has 4 heteroatoms. The van der Waals surface area contributed by atoms with Gasteiger partial charge < -0.3 is 9.84 Å². The van der Waals surface area contributed by atoms with E-state index >= 15 is 0 Å². The Morgan fingerprint density at radius 3 is 2.15 bits per heavy atom. The molecular weight excluding hydrogens is 336 g/mol. The molecule has 1 saturated heterocycles. The summed E-state index contributed by atoms with van der Waals surface area (Å²) >= 11 is 0. The van der Waals surface area contributed by atoms with Crippen molar-refractivity contribution in [3.63, 3.8) is 0 Å². The monoisotopic (exact) mass is 368 g/mol. The highest BCUT2D eigenvalue weighted by molar-refractivity contribution is 5.28. The van der Waals surface area contributed by atoms with Gasteiger partial charge in [-0.3, -0.25) is 9.80 Å². The van der Waals surface area contributed by atoms with Gasteiger partial charge in [-0.1, -0.05) is 56.3 Å². The topological polar surface area (TPSA) is 35.9 Å². The first-order valence-corrected chi connectivity index (χ1v) is 9.99. The molecule has 2 aromatic carbocycles. The molecule has 0 aromatic heterocycles. The van der Waals surface area contributed by atoms with Crippen LogP contribution in [0.2, 0.25) is 0 Å². The first-order chi connectivity index (χ1) is 13.1. The third kappa shape index (κ3) is 6.35. The van der Waals surface area contributed by atoms with Gasteiger partial charge in [0.1, 0.15) is 18.5 Å². The van der Waals surface area contributed by atoms with Gasteiger partial charge in [-0.25, -0.2) is 0 Å². The van der Waals surface area contributed by atoms with Gasteiger partial charge in [0.2, 0.25) is 0 Å². The number of β-amino-alcohol motifs (C(OH)–C–C–N with tert-alkyl or cyclic N) is 1. The van der Waals surface area contributed by atoms with E-state index in [1.807, 2.05) is 12.1 Å². The molecule has 0 saturated carbocycles. The molecule has 1 aliphatic heterocycles. The van der Waals surface area contributed by atoms with E-state index in [0.717, 1.165) is 38.5 Å². The van der Waals surface area contributed by atoms with E-state index in [2.05, 4.69) is 66.1 Å². The van der Waals surface area contributed by atoms with Crippen LogP contribution >= 0.6 is 0 Å². The predicted octanol–water partition coefficient (Wildman–Crippen LogP) is 3.37. The molecule has 0 radical (unpaired) electrons. The van der Waals surface area contributed by atoms with Gasteiger partial charge >= 0.3 is 0 Å². The van der Waals surface area contributed by atoms with E-state index in [-0.39, 0.29) is 0 Å². The molecule has 27 heavy (non-hydrogen) atoms. The van der Waals surface area contributed by atoms with Crippen molar-refractivity contribution in [1.82, 2.24) is 9.80 Å². The van der Waals surface area contributed by atoms with Crippen molar-refractivity contribution < 1.29 is 9.84 Å². The zero-order valence-electron chi connectivity index (χ0n) is 16.6. The number of hydrogen-bond donors (Lipinski definition) is 1. The van der Waals surface area contributed by atoms with E-state index in [9.17, 15) is 5.11 Å². The van der Waals surface area contributed by atoms with E-state index < -0.39 is 6.10 Å². The lowest BCUT2D eigenvalue weighted by atomic mass is 10.0. The van der Waals surface area contributed by atoms with E-state index in [4.69, 9.17) is 4.74 Å². The minimum Gasteiger partial charge on any atom is -0.491 e. The van der Waals surface area contributed by atoms with Crippen molar-refractivity contribution in [3.05, 3.63) is 65.7 Å². The molecule has 1 atom stereocenters. The van der Waals surface area contributed by atoms with Crippen LogP contribution in [0.5, 0.6) is 5.75 Å². The van der Waals surface area contributed by atoms with Crippen molar-refractivity contribution in [2.24, 2.45) is 0 Å². The Labute approximate surface area is 163 Å². The fraction of sp³-hybridized carbons (Fsp3) is 0.478. The number of ether oxygens (including phenoxy) is 1. The van der Waals surface area contributed by atoms with Crippen LogP contribution in [0.15, 0.2) is 54.6 Å². The van der Waals surface area contributed by atoms with Gasteiger partial charge in [0.25, 0.3) is 0 Å². The molecule has 3 rings (SSSR count). The molecule has 4 nitrogen and oxygen atoms in total. The van der Waals surface area contributed by atoms with Gasteiger partial charge in [-0.05, 0) is 29.2 Å². The summed E-state index contributed by atoms with van der Waals surface area (Å²) in [5, 5.41) is 10.3. The molecule has 0 bridgehead atoms. The maximum absolute atomic E-state index is 10.3. The van der Waals surface area contributed by atoms with Gasteiger partial charge in [0.05, 0.1) is 0 Å². The highest BCUT2D eigenvalue weighted by Crippen LogP contribution is 2.18. The Bertz CT molecular complexity index is 665. The summed E-state index contributed by atoms with van der Waals surface area (Å²) in [7, 11) is 0. The maximum Gasteiger partial charge on any atom is 0.119 e. The first kappa shape index (κ1) is 19.9. The van der Waals surface area contributed by atoms with Crippen molar-refractivity contribution in [2.45, 2.75) is 32.4 Å². The summed E-state index contributed by atoms with van der Waals surface area (Å²) < 4.78 is 5.76. The minimum atomic E-state index is -0.463. The van der Waals surface area contributed by atoms with Crippen LogP contribution < -0.4 is 4.74 Å². The molecule has 1 fully saturated rings. The molecule has 1 heterocycles. The van der Waals surface area contributed by atoms with E-state index in [1.54, 1.807) is 0 Å². The number of nitrogens with zero attached hydrogens (tertiary/aromatic N) is 2. The molecule has 146 valence electrons. The molecule has 2 aromatic rings. The third-order valence-corrected chi connectivity index (χ3v) is 5.17. The number of piperazine rings is 1. The zero-order chi connectivity index (χ0) is 19.1. The van der Waals surface area contributed by atoms with Crippen molar-refractivity contribution in [1.29, 1.82) is 0 Å². The van der Waals surface area contributed by atoms with Gasteiger partial charge in [-0.15, -0.1) is 0 Å². The van der Waals surface area contributed by atoms with E-state index in [1.165, 1.54) is 11.1 Å². The van der Waals surface area contributed by atoms with Crippen LogP contribution in [0.1, 0.15) is 30.9 Å². The highest BCUT2D eigenvalue weighted by Gasteiger charge is 2.19. The summed E-state index contributed by atoms with van der Waals surface area (Å²) in [5.41, 5.74) is 2.67. The molecule has 0 unspecified atom stereocenters. The Morgan fingerprint density at radius 1 is 0.889 bits per heavy atom. The van der Waals surface area contributed by atoms with Gasteiger partial charge in [0.15, 0.2) is 0 Å². The van der Waals surface area contributed by atoms with Crippen LogP contribution in [-0.2, 0) is 6.54 Å². The Hall–Kier alpha value is -1.88.